The summed E-state index contributed by atoms with van der Waals surface area (Å²) in [6, 6.07) is 0.0432. The van der Waals surface area contributed by atoms with E-state index in [9.17, 15) is 4.79 Å². The summed E-state index contributed by atoms with van der Waals surface area (Å²) in [7, 11) is 3.31. The summed E-state index contributed by atoms with van der Waals surface area (Å²) in [5.41, 5.74) is 0. The predicted molar refractivity (Wildman–Crippen MR) is 45.6 cm³/mol. The molecule has 0 N–H and O–H groups in total. The van der Waals surface area contributed by atoms with E-state index in [2.05, 4.69) is 11.8 Å². The van der Waals surface area contributed by atoms with Gasteiger partial charge in [0.15, 0.2) is 0 Å². The third-order valence-corrected chi connectivity index (χ3v) is 1.57. The first-order valence-corrected chi connectivity index (χ1v) is 3.47. The Kier molecular flexibility index (Phi) is 3.57. The normalized spacial score (nSPS) is 9.55. The van der Waals surface area contributed by atoms with Crippen molar-refractivity contribution in [3.8, 4) is 0 Å². The SMILES string of the molecule is C=NN(C)C(=O)N(C)C(C)C. The summed E-state index contributed by atoms with van der Waals surface area (Å²) in [6.45, 7) is 7.13. The van der Waals surface area contributed by atoms with Crippen LogP contribution in [0.25, 0.3) is 0 Å². The van der Waals surface area contributed by atoms with Crippen LogP contribution in [0.1, 0.15) is 13.8 Å². The number of hydrazone groups is 1. The topological polar surface area (TPSA) is 35.9 Å². The van der Waals surface area contributed by atoms with Gasteiger partial charge in [0.05, 0.1) is 0 Å². The van der Waals surface area contributed by atoms with Crippen molar-refractivity contribution in [3.63, 3.8) is 0 Å². The first-order chi connectivity index (χ1) is 5.00. The molecule has 0 saturated heterocycles. The lowest BCUT2D eigenvalue weighted by molar-refractivity contribution is 0.164. The molecule has 0 rings (SSSR count). The zero-order chi connectivity index (χ0) is 9.02. The quantitative estimate of drug-likeness (QED) is 0.435. The maximum absolute atomic E-state index is 11.2. The average Bonchev–Trinajstić information content (AvgIpc) is 2.00. The average molecular weight is 157 g/mol. The van der Waals surface area contributed by atoms with Gasteiger partial charge in [-0.2, -0.15) is 5.10 Å². The van der Waals surface area contributed by atoms with E-state index in [1.807, 2.05) is 13.8 Å². The Balaban J connectivity index is 4.12. The van der Waals surface area contributed by atoms with E-state index in [1.54, 1.807) is 19.0 Å². The Morgan fingerprint density at radius 3 is 2.18 bits per heavy atom. The second kappa shape index (κ2) is 3.95. The number of carbonyl (C=O) groups excluding carboxylic acids is 1. The molecule has 0 aromatic rings. The van der Waals surface area contributed by atoms with Gasteiger partial charge in [-0.15, -0.1) is 0 Å². The Labute approximate surface area is 67.5 Å². The van der Waals surface area contributed by atoms with Gasteiger partial charge in [0, 0.05) is 26.9 Å². The summed E-state index contributed by atoms with van der Waals surface area (Å²) in [4.78, 5) is 12.8. The molecule has 0 spiro atoms. The Morgan fingerprint density at radius 1 is 1.45 bits per heavy atom. The standard InChI is InChI=1S/C7H15N3O/c1-6(2)9(4)7(11)10(5)8-3/h6H,3H2,1-2,4-5H3. The summed E-state index contributed by atoms with van der Waals surface area (Å²) < 4.78 is 0. The molecule has 0 aromatic carbocycles. The van der Waals surface area contributed by atoms with Gasteiger partial charge in [0.25, 0.3) is 0 Å². The van der Waals surface area contributed by atoms with E-state index in [0.29, 0.717) is 0 Å². The molecule has 0 aliphatic rings. The van der Waals surface area contributed by atoms with Crippen LogP contribution in [0, 0.1) is 0 Å². The van der Waals surface area contributed by atoms with Gasteiger partial charge in [-0.25, -0.2) is 9.80 Å². The fourth-order valence-electron chi connectivity index (χ4n) is 0.510. The summed E-state index contributed by atoms with van der Waals surface area (Å²) in [5, 5.41) is 4.69. The summed E-state index contributed by atoms with van der Waals surface area (Å²) >= 11 is 0. The van der Waals surface area contributed by atoms with E-state index in [-0.39, 0.29) is 12.1 Å². The monoisotopic (exact) mass is 157 g/mol. The molecule has 11 heavy (non-hydrogen) atoms. The number of rotatable bonds is 2. The number of nitrogens with zero attached hydrogens (tertiary/aromatic N) is 3. The van der Waals surface area contributed by atoms with Crippen molar-refractivity contribution in [3.05, 3.63) is 0 Å². The molecule has 2 amide bonds. The highest BCUT2D eigenvalue weighted by atomic mass is 16.2. The van der Waals surface area contributed by atoms with Crippen LogP contribution in [0.4, 0.5) is 4.79 Å². The Bertz CT molecular complexity index is 156. The molecule has 0 atom stereocenters. The molecule has 0 saturated carbocycles. The van der Waals surface area contributed by atoms with Crippen molar-refractivity contribution in [1.29, 1.82) is 0 Å². The Hall–Kier alpha value is -1.06. The van der Waals surface area contributed by atoms with Gasteiger partial charge < -0.3 is 4.90 Å². The van der Waals surface area contributed by atoms with E-state index < -0.39 is 0 Å². The minimum absolute atomic E-state index is 0.144. The third kappa shape index (κ3) is 2.57. The molecule has 0 aliphatic carbocycles. The smallest absolute Gasteiger partial charge is 0.324 e. The molecule has 0 aromatic heterocycles. The molecule has 0 heterocycles. The van der Waals surface area contributed by atoms with E-state index in [1.165, 1.54) is 5.01 Å². The first-order valence-electron chi connectivity index (χ1n) is 3.47. The predicted octanol–water partition coefficient (Wildman–Crippen LogP) is 0.994. The molecule has 0 bridgehead atoms. The van der Waals surface area contributed by atoms with Crippen LogP contribution >= 0.6 is 0 Å². The van der Waals surface area contributed by atoms with Gasteiger partial charge >= 0.3 is 6.03 Å². The van der Waals surface area contributed by atoms with Crippen LogP contribution < -0.4 is 0 Å². The first kappa shape index (κ1) is 9.94. The zero-order valence-electron chi connectivity index (χ0n) is 7.53. The summed E-state index contributed by atoms with van der Waals surface area (Å²) in [5.74, 6) is 0. The van der Waals surface area contributed by atoms with Crippen LogP contribution in [-0.2, 0) is 0 Å². The van der Waals surface area contributed by atoms with Gasteiger partial charge in [-0.05, 0) is 13.8 Å². The molecule has 0 fully saturated rings. The van der Waals surface area contributed by atoms with Gasteiger partial charge in [-0.3, -0.25) is 0 Å². The minimum atomic E-state index is -0.144. The lowest BCUT2D eigenvalue weighted by atomic mass is 10.4. The van der Waals surface area contributed by atoms with Crippen molar-refractivity contribution in [2.45, 2.75) is 19.9 Å². The highest BCUT2D eigenvalue weighted by Gasteiger charge is 2.14. The molecular formula is C7H15N3O. The fraction of sp³-hybridized carbons (Fsp3) is 0.714. The van der Waals surface area contributed by atoms with Gasteiger partial charge in [0.1, 0.15) is 0 Å². The number of hydrogen-bond acceptors (Lipinski definition) is 2. The summed E-state index contributed by atoms with van der Waals surface area (Å²) in [6.07, 6.45) is 0. The number of carbonyl (C=O) groups is 1. The number of urea groups is 1. The van der Waals surface area contributed by atoms with E-state index in [0.717, 1.165) is 0 Å². The molecule has 0 unspecified atom stereocenters. The molecule has 64 valence electrons. The maximum Gasteiger partial charge on any atom is 0.340 e. The fourth-order valence-corrected chi connectivity index (χ4v) is 0.510. The molecule has 0 radical (unpaired) electrons. The van der Waals surface area contributed by atoms with Crippen molar-refractivity contribution in [2.75, 3.05) is 14.1 Å². The van der Waals surface area contributed by atoms with Crippen molar-refractivity contribution in [1.82, 2.24) is 9.91 Å². The number of amides is 2. The van der Waals surface area contributed by atoms with E-state index in [4.69, 9.17) is 0 Å². The molecule has 4 nitrogen and oxygen atoms in total. The lowest BCUT2D eigenvalue weighted by Gasteiger charge is -2.24. The molecule has 0 aliphatic heterocycles. The van der Waals surface area contributed by atoms with Gasteiger partial charge in [0.2, 0.25) is 0 Å². The highest BCUT2D eigenvalue weighted by molar-refractivity contribution is 5.74. The second-order valence-electron chi connectivity index (χ2n) is 2.65. The van der Waals surface area contributed by atoms with Crippen LogP contribution in [0.15, 0.2) is 5.10 Å². The van der Waals surface area contributed by atoms with Crippen LogP contribution in [-0.4, -0.2) is 42.8 Å². The van der Waals surface area contributed by atoms with E-state index >= 15 is 0 Å². The molecular weight excluding hydrogens is 142 g/mol. The van der Waals surface area contributed by atoms with Crippen molar-refractivity contribution < 1.29 is 4.79 Å². The maximum atomic E-state index is 11.2. The lowest BCUT2D eigenvalue weighted by Crippen LogP contribution is -2.39. The van der Waals surface area contributed by atoms with Crippen molar-refractivity contribution in [2.24, 2.45) is 5.10 Å². The largest absolute Gasteiger partial charge is 0.340 e. The van der Waals surface area contributed by atoms with Crippen LogP contribution in [0.5, 0.6) is 0 Å². The molecule has 4 heteroatoms. The van der Waals surface area contributed by atoms with Crippen LogP contribution in [0.3, 0.4) is 0 Å². The van der Waals surface area contributed by atoms with Crippen molar-refractivity contribution >= 4 is 12.7 Å². The second-order valence-corrected chi connectivity index (χ2v) is 2.65. The Morgan fingerprint density at radius 2 is 1.91 bits per heavy atom. The third-order valence-electron chi connectivity index (χ3n) is 1.57. The minimum Gasteiger partial charge on any atom is -0.324 e. The number of hydrogen-bond donors (Lipinski definition) is 0. The van der Waals surface area contributed by atoms with Crippen LogP contribution in [0.2, 0.25) is 0 Å². The van der Waals surface area contributed by atoms with Gasteiger partial charge in [-0.1, -0.05) is 0 Å². The zero-order valence-corrected chi connectivity index (χ0v) is 7.53. The highest BCUT2D eigenvalue weighted by Crippen LogP contribution is 1.98.